The Balaban J connectivity index is 2.38. The van der Waals surface area contributed by atoms with Gasteiger partial charge in [-0.1, -0.05) is 0 Å². The van der Waals surface area contributed by atoms with Crippen molar-refractivity contribution in [3.63, 3.8) is 0 Å². The number of methoxy groups -OCH3 is 2. The number of likely N-dealkylation sites (N-methyl/N-ethyl adjacent to an activating group) is 1. The molecule has 0 saturated carbocycles. The van der Waals surface area contributed by atoms with Gasteiger partial charge in [0.2, 0.25) is 0 Å². The molecule has 2 aromatic rings. The predicted octanol–water partition coefficient (Wildman–Crippen LogP) is 0.441. The highest BCUT2D eigenvalue weighted by atomic mass is 16.5. The van der Waals surface area contributed by atoms with Crippen LogP contribution in [0.15, 0.2) is 18.2 Å². The number of nitrogens with one attached hydrogen (secondary N) is 1. The molecule has 0 saturated heterocycles. The van der Waals surface area contributed by atoms with E-state index in [2.05, 4.69) is 20.8 Å². The van der Waals surface area contributed by atoms with E-state index >= 15 is 0 Å². The molecule has 0 amide bonds. The van der Waals surface area contributed by atoms with Crippen LogP contribution < -0.4 is 14.8 Å². The van der Waals surface area contributed by atoms with Crippen molar-refractivity contribution in [3.8, 4) is 17.2 Å². The minimum Gasteiger partial charge on any atom is -0.497 e. The zero-order valence-electron chi connectivity index (χ0n) is 11.3. The molecule has 0 radical (unpaired) electrons. The van der Waals surface area contributed by atoms with Gasteiger partial charge in [0.25, 0.3) is 0 Å². The van der Waals surface area contributed by atoms with E-state index in [9.17, 15) is 0 Å². The van der Waals surface area contributed by atoms with Crippen molar-refractivity contribution < 1.29 is 9.47 Å². The van der Waals surface area contributed by atoms with E-state index in [-0.39, 0.29) is 0 Å². The van der Waals surface area contributed by atoms with Gasteiger partial charge in [-0.15, -0.1) is 5.10 Å². The van der Waals surface area contributed by atoms with Crippen molar-refractivity contribution in [2.24, 2.45) is 0 Å². The highest BCUT2D eigenvalue weighted by Crippen LogP contribution is 2.27. The first-order valence-corrected chi connectivity index (χ1v) is 5.94. The number of benzene rings is 1. The highest BCUT2D eigenvalue weighted by Gasteiger charge is 2.13. The predicted molar refractivity (Wildman–Crippen MR) is 69.9 cm³/mol. The van der Waals surface area contributed by atoms with Crippen molar-refractivity contribution >= 4 is 0 Å². The summed E-state index contributed by atoms with van der Waals surface area (Å²) in [5.41, 5.74) is 0.791. The van der Waals surface area contributed by atoms with Gasteiger partial charge in [-0.3, -0.25) is 0 Å². The van der Waals surface area contributed by atoms with Crippen LogP contribution in [0.2, 0.25) is 0 Å². The SMILES string of the molecule is CNCCc1nnnn1-c1ccc(OC)cc1OC. The molecule has 1 aromatic heterocycles. The molecule has 7 heteroatoms. The number of ether oxygens (including phenoxy) is 2. The Hall–Kier alpha value is -2.15. The zero-order chi connectivity index (χ0) is 13.7. The Morgan fingerprint density at radius 1 is 1.26 bits per heavy atom. The van der Waals surface area contributed by atoms with Gasteiger partial charge in [0.15, 0.2) is 5.82 Å². The zero-order valence-corrected chi connectivity index (χ0v) is 11.3. The molecule has 1 heterocycles. The molecule has 7 nitrogen and oxygen atoms in total. The second-order valence-electron chi connectivity index (χ2n) is 3.90. The lowest BCUT2D eigenvalue weighted by molar-refractivity contribution is 0.392. The third kappa shape index (κ3) is 2.82. The first-order valence-electron chi connectivity index (χ1n) is 5.94. The first-order chi connectivity index (χ1) is 9.30. The lowest BCUT2D eigenvalue weighted by atomic mass is 10.2. The van der Waals surface area contributed by atoms with E-state index in [4.69, 9.17) is 9.47 Å². The molecule has 0 fully saturated rings. The van der Waals surface area contributed by atoms with Gasteiger partial charge in [-0.05, 0) is 29.6 Å². The monoisotopic (exact) mass is 263 g/mol. The van der Waals surface area contributed by atoms with Crippen LogP contribution in [0.3, 0.4) is 0 Å². The molecule has 0 atom stereocenters. The minimum absolute atomic E-state index is 0.664. The van der Waals surface area contributed by atoms with Gasteiger partial charge in [-0.2, -0.15) is 4.68 Å². The van der Waals surface area contributed by atoms with Crippen molar-refractivity contribution in [2.75, 3.05) is 27.8 Å². The second-order valence-corrected chi connectivity index (χ2v) is 3.90. The highest BCUT2D eigenvalue weighted by molar-refractivity contribution is 5.50. The number of tetrazole rings is 1. The number of hydrogen-bond donors (Lipinski definition) is 1. The molecular formula is C12H17N5O2. The Morgan fingerprint density at radius 3 is 2.79 bits per heavy atom. The Kier molecular flexibility index (Phi) is 4.30. The maximum Gasteiger partial charge on any atom is 0.158 e. The molecule has 0 bridgehead atoms. The third-order valence-electron chi connectivity index (χ3n) is 2.75. The van der Waals surface area contributed by atoms with E-state index in [0.717, 1.165) is 30.2 Å². The van der Waals surface area contributed by atoms with Crippen molar-refractivity contribution in [1.82, 2.24) is 25.5 Å². The average molecular weight is 263 g/mol. The fourth-order valence-electron chi connectivity index (χ4n) is 1.75. The lowest BCUT2D eigenvalue weighted by Crippen LogP contribution is -2.14. The van der Waals surface area contributed by atoms with Crippen molar-refractivity contribution in [2.45, 2.75) is 6.42 Å². The van der Waals surface area contributed by atoms with Gasteiger partial charge in [0.05, 0.1) is 14.2 Å². The molecule has 1 aromatic carbocycles. The van der Waals surface area contributed by atoms with E-state index in [1.165, 1.54) is 0 Å². The van der Waals surface area contributed by atoms with E-state index < -0.39 is 0 Å². The largest absolute Gasteiger partial charge is 0.497 e. The molecule has 0 aliphatic rings. The molecule has 0 unspecified atom stereocenters. The molecule has 0 aliphatic heterocycles. The summed E-state index contributed by atoms with van der Waals surface area (Å²) in [6, 6.07) is 5.52. The Bertz CT molecular complexity index is 541. The summed E-state index contributed by atoms with van der Waals surface area (Å²) in [6.45, 7) is 0.804. The molecule has 1 N–H and O–H groups in total. The van der Waals surface area contributed by atoms with Crippen LogP contribution in [0.1, 0.15) is 5.82 Å². The van der Waals surface area contributed by atoms with Crippen molar-refractivity contribution in [1.29, 1.82) is 0 Å². The standard InChI is InChI=1S/C12H17N5O2/c1-13-7-6-12-14-15-16-17(12)10-5-4-9(18-2)8-11(10)19-3/h4-5,8,13H,6-7H2,1-3H3. The summed E-state index contributed by atoms with van der Waals surface area (Å²) in [6.07, 6.45) is 0.735. The quantitative estimate of drug-likeness (QED) is 0.815. The topological polar surface area (TPSA) is 74.1 Å². The maximum absolute atomic E-state index is 5.36. The van der Waals surface area contributed by atoms with E-state index in [1.54, 1.807) is 25.0 Å². The molecule has 2 rings (SSSR count). The summed E-state index contributed by atoms with van der Waals surface area (Å²) in [5, 5.41) is 14.8. The van der Waals surface area contributed by atoms with E-state index in [1.807, 2.05) is 19.2 Å². The summed E-state index contributed by atoms with van der Waals surface area (Å²) in [5.74, 6) is 2.17. The number of nitrogens with zero attached hydrogens (tertiary/aromatic N) is 4. The summed E-state index contributed by atoms with van der Waals surface area (Å²) in [4.78, 5) is 0. The maximum atomic E-state index is 5.36. The summed E-state index contributed by atoms with van der Waals surface area (Å²) >= 11 is 0. The summed E-state index contributed by atoms with van der Waals surface area (Å²) in [7, 11) is 5.11. The van der Waals surface area contributed by atoms with Crippen LogP contribution in [0.4, 0.5) is 0 Å². The van der Waals surface area contributed by atoms with Crippen LogP contribution >= 0.6 is 0 Å². The molecule has 0 spiro atoms. The molecule has 19 heavy (non-hydrogen) atoms. The van der Waals surface area contributed by atoms with Crippen LogP contribution in [-0.4, -0.2) is 48.0 Å². The van der Waals surface area contributed by atoms with Gasteiger partial charge in [0.1, 0.15) is 17.2 Å². The molecular weight excluding hydrogens is 246 g/mol. The van der Waals surface area contributed by atoms with E-state index in [0.29, 0.717) is 5.75 Å². The van der Waals surface area contributed by atoms with Gasteiger partial charge < -0.3 is 14.8 Å². The molecule has 0 aliphatic carbocycles. The average Bonchev–Trinajstić information content (AvgIpc) is 2.92. The normalized spacial score (nSPS) is 10.5. The first kappa shape index (κ1) is 13.3. The second kappa shape index (κ2) is 6.14. The third-order valence-corrected chi connectivity index (χ3v) is 2.75. The fraction of sp³-hybridized carbons (Fsp3) is 0.417. The Morgan fingerprint density at radius 2 is 2.11 bits per heavy atom. The van der Waals surface area contributed by atoms with Crippen molar-refractivity contribution in [3.05, 3.63) is 24.0 Å². The smallest absolute Gasteiger partial charge is 0.158 e. The van der Waals surface area contributed by atoms with Gasteiger partial charge in [-0.25, -0.2) is 0 Å². The van der Waals surface area contributed by atoms with Crippen LogP contribution in [0.5, 0.6) is 11.5 Å². The number of rotatable bonds is 6. The van der Waals surface area contributed by atoms with Gasteiger partial charge in [0, 0.05) is 19.0 Å². The Labute approximate surface area is 111 Å². The lowest BCUT2D eigenvalue weighted by Gasteiger charge is -2.11. The number of aromatic nitrogens is 4. The minimum atomic E-state index is 0.664. The number of hydrogen-bond acceptors (Lipinski definition) is 6. The van der Waals surface area contributed by atoms with Crippen LogP contribution in [0.25, 0.3) is 5.69 Å². The fourth-order valence-corrected chi connectivity index (χ4v) is 1.75. The molecule has 102 valence electrons. The van der Waals surface area contributed by atoms with Crippen LogP contribution in [0, 0.1) is 0 Å². The van der Waals surface area contributed by atoms with Gasteiger partial charge >= 0.3 is 0 Å². The van der Waals surface area contributed by atoms with Crippen LogP contribution in [-0.2, 0) is 6.42 Å². The summed E-state index contributed by atoms with van der Waals surface area (Å²) < 4.78 is 12.2.